The fourth-order valence-electron chi connectivity index (χ4n) is 10.8. The van der Waals surface area contributed by atoms with Crippen molar-refractivity contribution in [3.05, 3.63) is 227 Å². The highest BCUT2D eigenvalue weighted by Gasteiger charge is 2.46. The molecule has 0 atom stereocenters. The Kier molecular flexibility index (Phi) is 12.3. The Morgan fingerprint density at radius 2 is 0.945 bits per heavy atom. The number of rotatable bonds is 10. The van der Waals surface area contributed by atoms with Gasteiger partial charge in [-0.1, -0.05) is 199 Å². The molecule has 0 radical (unpaired) electrons. The molecule has 0 saturated carbocycles. The molecule has 0 fully saturated rings. The lowest BCUT2D eigenvalue weighted by Gasteiger charge is -2.38. The van der Waals surface area contributed by atoms with Gasteiger partial charge in [-0.2, -0.15) is 0 Å². The summed E-state index contributed by atoms with van der Waals surface area (Å²) < 4.78 is 9.35. The summed E-state index contributed by atoms with van der Waals surface area (Å²) in [6.45, 7) is 30.7. The van der Waals surface area contributed by atoms with Gasteiger partial charge in [0.2, 0.25) is 0 Å². The zero-order chi connectivity index (χ0) is 51.7. The van der Waals surface area contributed by atoms with E-state index in [1.165, 1.54) is 66.8 Å². The van der Waals surface area contributed by atoms with Gasteiger partial charge in [0.25, 0.3) is 0 Å². The van der Waals surface area contributed by atoms with Crippen molar-refractivity contribution in [2.24, 2.45) is 0 Å². The van der Waals surface area contributed by atoms with Gasteiger partial charge in [0.05, 0.1) is 29.1 Å². The minimum atomic E-state index is -0.429. The number of anilines is 2. The van der Waals surface area contributed by atoms with E-state index in [1.54, 1.807) is 0 Å². The molecule has 2 aromatic heterocycles. The van der Waals surface area contributed by atoms with Gasteiger partial charge in [-0.15, -0.1) is 0 Å². The van der Waals surface area contributed by atoms with Crippen LogP contribution < -0.4 is 14.5 Å². The SMILES string of the molecule is CC(C)(C)c1cc(-c2ccccc2)cc(N2CN(c3cccc(Oc4ccc5c6cc(C(C)(C)C)ccc6n(-c6cc(C(C)(C)C)ccn6)c5c4)c3)C(C(C)(C)c3ccccc3)=C2C(C)(C)c2ccccc2)c1. The molecule has 1 aliphatic heterocycles. The van der Waals surface area contributed by atoms with Crippen LogP contribution in [0.1, 0.15) is 118 Å². The zero-order valence-corrected chi connectivity index (χ0v) is 45.3. The fourth-order valence-corrected chi connectivity index (χ4v) is 10.8. The second kappa shape index (κ2) is 18.3. The summed E-state index contributed by atoms with van der Waals surface area (Å²) in [4.78, 5) is 10.1. The number of hydrogen-bond acceptors (Lipinski definition) is 4. The van der Waals surface area contributed by atoms with Crippen molar-refractivity contribution in [3.8, 4) is 28.4 Å². The van der Waals surface area contributed by atoms with E-state index in [0.29, 0.717) is 6.67 Å². The molecule has 3 heterocycles. The first kappa shape index (κ1) is 49.2. The van der Waals surface area contributed by atoms with Gasteiger partial charge in [0, 0.05) is 51.3 Å². The van der Waals surface area contributed by atoms with Crippen molar-refractivity contribution in [2.75, 3.05) is 16.5 Å². The lowest BCUT2D eigenvalue weighted by Crippen LogP contribution is -2.34. The third-order valence-corrected chi connectivity index (χ3v) is 15.2. The molecular weight excluding hydrogens is 889 g/mol. The molecule has 1 aliphatic rings. The van der Waals surface area contributed by atoms with Crippen LogP contribution in [0, 0.1) is 0 Å². The van der Waals surface area contributed by atoms with Gasteiger partial charge in [-0.05, 0) is 116 Å². The molecule has 7 aromatic carbocycles. The van der Waals surface area contributed by atoms with Crippen molar-refractivity contribution in [1.29, 1.82) is 0 Å². The van der Waals surface area contributed by atoms with E-state index in [9.17, 15) is 0 Å². The Morgan fingerprint density at radius 3 is 1.55 bits per heavy atom. The molecule has 0 bridgehead atoms. The third kappa shape index (κ3) is 9.35. The molecule has 9 aromatic rings. The van der Waals surface area contributed by atoms with E-state index in [4.69, 9.17) is 9.72 Å². The molecule has 10 rings (SSSR count). The number of allylic oxidation sites excluding steroid dienone is 2. The topological polar surface area (TPSA) is 33.5 Å². The minimum Gasteiger partial charge on any atom is -0.457 e. The quantitative estimate of drug-likeness (QED) is 0.137. The molecule has 370 valence electrons. The van der Waals surface area contributed by atoms with Gasteiger partial charge in [0.1, 0.15) is 17.3 Å². The molecule has 73 heavy (non-hydrogen) atoms. The average molecular weight is 961 g/mol. The third-order valence-electron chi connectivity index (χ3n) is 15.2. The predicted octanol–water partition coefficient (Wildman–Crippen LogP) is 18.0. The highest BCUT2D eigenvalue weighted by molar-refractivity contribution is 6.09. The maximum absolute atomic E-state index is 7.04. The first-order chi connectivity index (χ1) is 34.6. The van der Waals surface area contributed by atoms with Crippen molar-refractivity contribution in [3.63, 3.8) is 0 Å². The van der Waals surface area contributed by atoms with Crippen molar-refractivity contribution in [2.45, 2.75) is 117 Å². The summed E-state index contributed by atoms with van der Waals surface area (Å²) in [5, 5.41) is 2.37. The van der Waals surface area contributed by atoms with Crippen LogP contribution in [0.4, 0.5) is 11.4 Å². The number of nitrogens with zero attached hydrogens (tertiary/aromatic N) is 4. The maximum atomic E-state index is 7.04. The summed E-state index contributed by atoms with van der Waals surface area (Å²) in [6.07, 6.45) is 1.94. The lowest BCUT2D eigenvalue weighted by atomic mass is 9.73. The molecular formula is C68H72N4O. The molecule has 0 amide bonds. The monoisotopic (exact) mass is 961 g/mol. The van der Waals surface area contributed by atoms with Gasteiger partial charge >= 0.3 is 0 Å². The number of ether oxygens (including phenoxy) is 1. The van der Waals surface area contributed by atoms with Gasteiger partial charge in [-0.3, -0.25) is 4.57 Å². The van der Waals surface area contributed by atoms with Gasteiger partial charge < -0.3 is 14.5 Å². The summed E-state index contributed by atoms with van der Waals surface area (Å²) in [7, 11) is 0. The van der Waals surface area contributed by atoms with E-state index in [2.05, 4.69) is 286 Å². The number of aromatic nitrogens is 2. The Labute approximate surface area is 434 Å². The van der Waals surface area contributed by atoms with Crippen LogP contribution in [0.25, 0.3) is 38.8 Å². The largest absolute Gasteiger partial charge is 0.457 e. The van der Waals surface area contributed by atoms with Crippen molar-refractivity contribution in [1.82, 2.24) is 9.55 Å². The molecule has 0 saturated heterocycles. The first-order valence-corrected chi connectivity index (χ1v) is 26.0. The first-order valence-electron chi connectivity index (χ1n) is 26.0. The standard InChI is InChI=1S/C68H72N4O/c1-64(2,3)50-32-35-59-58(41-50)57-34-33-56(44-60(57)72(59)61-42-51(36-37-69-61)65(4,5)6)73-55-31-23-30-53(43-55)70-45-71(54-39-47(46-24-17-14-18-25-46)38-52(40-54)66(7,8)9)63(68(12,13)49-28-21-16-22-29-49)62(70)67(10,11)48-26-19-15-20-27-48/h14-44H,45H2,1-13H3. The molecule has 0 aliphatic carbocycles. The minimum absolute atomic E-state index is 0.00154. The number of pyridine rings is 1. The van der Waals surface area contributed by atoms with Crippen LogP contribution in [-0.2, 0) is 27.1 Å². The van der Waals surface area contributed by atoms with Crippen LogP contribution in [0.2, 0.25) is 0 Å². The Bertz CT molecular complexity index is 3510. The highest BCUT2D eigenvalue weighted by atomic mass is 16.5. The molecule has 0 spiro atoms. The molecule has 0 unspecified atom stereocenters. The number of benzene rings is 7. The molecule has 0 N–H and O–H groups in total. The second-order valence-electron chi connectivity index (χ2n) is 24.3. The lowest BCUT2D eigenvalue weighted by molar-refractivity contribution is 0.483. The smallest absolute Gasteiger partial charge is 0.137 e. The van der Waals surface area contributed by atoms with Crippen LogP contribution in [0.3, 0.4) is 0 Å². The summed E-state index contributed by atoms with van der Waals surface area (Å²) in [5.41, 5.74) is 14.7. The fraction of sp³-hybridized carbons (Fsp3) is 0.279. The van der Waals surface area contributed by atoms with Crippen LogP contribution >= 0.6 is 0 Å². The van der Waals surface area contributed by atoms with Crippen molar-refractivity contribution >= 4 is 33.2 Å². The van der Waals surface area contributed by atoms with Crippen LogP contribution in [0.5, 0.6) is 11.5 Å². The van der Waals surface area contributed by atoms with E-state index >= 15 is 0 Å². The maximum Gasteiger partial charge on any atom is 0.137 e. The Morgan fingerprint density at radius 1 is 0.384 bits per heavy atom. The summed E-state index contributed by atoms with van der Waals surface area (Å²) in [6, 6.07) is 66.6. The van der Waals surface area contributed by atoms with E-state index in [0.717, 1.165) is 34.0 Å². The van der Waals surface area contributed by atoms with Crippen LogP contribution in [-0.4, -0.2) is 16.2 Å². The van der Waals surface area contributed by atoms with E-state index in [1.807, 2.05) is 6.20 Å². The number of hydrogen-bond donors (Lipinski definition) is 0. The Balaban J connectivity index is 1.14. The van der Waals surface area contributed by atoms with Crippen molar-refractivity contribution < 1.29 is 4.74 Å². The summed E-state index contributed by atoms with van der Waals surface area (Å²) >= 11 is 0. The van der Waals surface area contributed by atoms with E-state index in [-0.39, 0.29) is 16.2 Å². The highest BCUT2D eigenvalue weighted by Crippen LogP contribution is 2.51. The Hall–Kier alpha value is -7.37. The second-order valence-corrected chi connectivity index (χ2v) is 24.3. The zero-order valence-electron chi connectivity index (χ0n) is 45.3. The van der Waals surface area contributed by atoms with Crippen LogP contribution in [0.15, 0.2) is 200 Å². The predicted molar refractivity (Wildman–Crippen MR) is 309 cm³/mol. The van der Waals surface area contributed by atoms with Gasteiger partial charge in [-0.25, -0.2) is 4.98 Å². The average Bonchev–Trinajstić information content (AvgIpc) is 3.94. The molecule has 5 heteroatoms. The number of fused-ring (bicyclic) bond motifs is 3. The van der Waals surface area contributed by atoms with E-state index < -0.39 is 10.8 Å². The molecule has 5 nitrogen and oxygen atoms in total. The normalized spacial score (nSPS) is 13.9. The van der Waals surface area contributed by atoms with Gasteiger partial charge in [0.15, 0.2) is 0 Å². The summed E-state index contributed by atoms with van der Waals surface area (Å²) in [5.74, 6) is 2.42.